The molecule has 0 bridgehead atoms. The molecule has 1 saturated heterocycles. The van der Waals surface area contributed by atoms with Gasteiger partial charge in [0, 0.05) is 19.0 Å². The Morgan fingerprint density at radius 1 is 1.03 bits per heavy atom. The number of aryl methyl sites for hydroxylation is 1. The Kier molecular flexibility index (Phi) is 6.58. The van der Waals surface area contributed by atoms with Gasteiger partial charge in [-0.25, -0.2) is 4.39 Å². The fraction of sp³-hybridized carbons (Fsp3) is 0.200. The maximum Gasteiger partial charge on any atom is 0.308 e. The molecule has 0 spiro atoms. The number of esters is 1. The summed E-state index contributed by atoms with van der Waals surface area (Å²) in [5.41, 5.74) is 2.37. The number of carbonyl (C=O) groups excluding carboxylic acids is 2. The SMILES string of the molecule is CC(=O)Oc1ccc([C@H]2[C@@H]([S+]([O-])CCc3ccccc3)C(=O)N2c2ccc(F)cc2)cc1. The number of β-lactam (4-membered cyclic amide) rings is 1. The number of amides is 1. The van der Waals surface area contributed by atoms with Crippen LogP contribution in [0.3, 0.4) is 0 Å². The smallest absolute Gasteiger partial charge is 0.308 e. The van der Waals surface area contributed by atoms with Crippen molar-refractivity contribution in [2.75, 3.05) is 10.7 Å². The monoisotopic (exact) mass is 451 g/mol. The van der Waals surface area contributed by atoms with Crippen molar-refractivity contribution in [3.05, 3.63) is 95.8 Å². The first-order chi connectivity index (χ1) is 15.4. The molecule has 5 nitrogen and oxygen atoms in total. The highest BCUT2D eigenvalue weighted by Crippen LogP contribution is 2.43. The molecule has 1 heterocycles. The van der Waals surface area contributed by atoms with E-state index in [2.05, 4.69) is 0 Å². The average molecular weight is 452 g/mol. The highest BCUT2D eigenvalue weighted by atomic mass is 32.2. The van der Waals surface area contributed by atoms with Gasteiger partial charge < -0.3 is 9.29 Å². The highest BCUT2D eigenvalue weighted by molar-refractivity contribution is 7.93. The summed E-state index contributed by atoms with van der Waals surface area (Å²) in [5, 5.41) is -0.705. The molecule has 7 heteroatoms. The summed E-state index contributed by atoms with van der Waals surface area (Å²) in [7, 11) is 0. The van der Waals surface area contributed by atoms with Crippen molar-refractivity contribution in [1.29, 1.82) is 0 Å². The van der Waals surface area contributed by atoms with Crippen LogP contribution in [0.2, 0.25) is 0 Å². The molecule has 0 aromatic heterocycles. The molecule has 3 aromatic carbocycles. The van der Waals surface area contributed by atoms with Crippen molar-refractivity contribution in [3.8, 4) is 5.75 Å². The standard InChI is InChI=1S/C25H22FNO4S/c1-17(28)31-22-13-7-19(8-14-22)23-24(32(30)16-15-18-5-3-2-4-6-18)25(29)27(23)21-11-9-20(26)10-12-21/h2-14,23-24H,15-16H2,1H3/t23-,24+,32?/m0/s1. The van der Waals surface area contributed by atoms with Crippen LogP contribution >= 0.6 is 0 Å². The minimum absolute atomic E-state index is 0.253. The van der Waals surface area contributed by atoms with Gasteiger partial charge in [-0.05, 0) is 58.7 Å². The van der Waals surface area contributed by atoms with Gasteiger partial charge in [0.25, 0.3) is 5.91 Å². The predicted molar refractivity (Wildman–Crippen MR) is 121 cm³/mol. The van der Waals surface area contributed by atoms with Gasteiger partial charge in [-0.1, -0.05) is 42.5 Å². The fourth-order valence-corrected chi connectivity index (χ4v) is 5.42. The third-order valence-corrected chi connectivity index (χ3v) is 6.98. The molecule has 1 amide bonds. The van der Waals surface area contributed by atoms with Gasteiger partial charge in [0.15, 0.2) is 0 Å². The van der Waals surface area contributed by atoms with E-state index in [1.54, 1.807) is 29.2 Å². The lowest BCUT2D eigenvalue weighted by molar-refractivity contribution is -0.131. The van der Waals surface area contributed by atoms with Crippen molar-refractivity contribution in [1.82, 2.24) is 0 Å². The summed E-state index contributed by atoms with van der Waals surface area (Å²) in [6.45, 7) is 1.32. The second-order valence-corrected chi connectivity index (χ2v) is 9.21. The molecule has 0 N–H and O–H groups in total. The lowest BCUT2D eigenvalue weighted by Gasteiger charge is -2.46. The molecule has 32 heavy (non-hydrogen) atoms. The topological polar surface area (TPSA) is 69.7 Å². The van der Waals surface area contributed by atoms with Crippen molar-refractivity contribution < 1.29 is 23.3 Å². The van der Waals surface area contributed by atoms with E-state index in [0.717, 1.165) is 11.1 Å². The van der Waals surface area contributed by atoms with Crippen LogP contribution < -0.4 is 9.64 Å². The normalized spacial score (nSPS) is 18.7. The Balaban J connectivity index is 1.59. The maximum absolute atomic E-state index is 13.4. The summed E-state index contributed by atoms with van der Waals surface area (Å²) >= 11 is -1.40. The molecule has 1 aliphatic heterocycles. The quantitative estimate of drug-likeness (QED) is 0.234. The first-order valence-corrected chi connectivity index (χ1v) is 11.6. The molecule has 164 valence electrons. The molecule has 3 aromatic rings. The summed E-state index contributed by atoms with van der Waals surface area (Å²) < 4.78 is 31.7. The van der Waals surface area contributed by atoms with Crippen molar-refractivity contribution in [2.24, 2.45) is 0 Å². The molecular formula is C25H22FNO4S. The van der Waals surface area contributed by atoms with Gasteiger partial charge in [0.2, 0.25) is 5.25 Å². The lowest BCUT2D eigenvalue weighted by atomic mass is 9.92. The van der Waals surface area contributed by atoms with E-state index >= 15 is 0 Å². The van der Waals surface area contributed by atoms with Gasteiger partial charge in [0.05, 0.1) is 0 Å². The van der Waals surface area contributed by atoms with E-state index in [9.17, 15) is 18.5 Å². The summed E-state index contributed by atoms with van der Waals surface area (Å²) in [5.74, 6) is -0.324. The predicted octanol–water partition coefficient (Wildman–Crippen LogP) is 4.20. The summed E-state index contributed by atoms with van der Waals surface area (Å²) in [4.78, 5) is 25.8. The number of ether oxygens (including phenoxy) is 1. The van der Waals surface area contributed by atoms with Crippen molar-refractivity contribution in [2.45, 2.75) is 24.6 Å². The number of hydrogen-bond donors (Lipinski definition) is 0. The zero-order chi connectivity index (χ0) is 22.7. The van der Waals surface area contributed by atoms with E-state index in [0.29, 0.717) is 23.6 Å². The van der Waals surface area contributed by atoms with Crippen LogP contribution in [0.25, 0.3) is 0 Å². The zero-order valence-electron chi connectivity index (χ0n) is 17.4. The third kappa shape index (κ3) is 4.69. The van der Waals surface area contributed by atoms with Crippen molar-refractivity contribution >= 4 is 28.7 Å². The Hall–Kier alpha value is -3.16. The number of rotatable bonds is 7. The van der Waals surface area contributed by atoms with E-state index in [-0.39, 0.29) is 5.91 Å². The summed E-state index contributed by atoms with van der Waals surface area (Å²) in [6, 6.07) is 21.7. The van der Waals surface area contributed by atoms with E-state index in [1.165, 1.54) is 31.2 Å². The zero-order valence-corrected chi connectivity index (χ0v) is 18.3. The Morgan fingerprint density at radius 2 is 1.69 bits per heavy atom. The molecule has 1 unspecified atom stereocenters. The van der Waals surface area contributed by atoms with Crippen LogP contribution in [0, 0.1) is 5.82 Å². The second-order valence-electron chi connectivity index (χ2n) is 7.53. The molecule has 4 rings (SSSR count). The first-order valence-electron chi connectivity index (χ1n) is 10.2. The van der Waals surface area contributed by atoms with Crippen LogP contribution in [-0.2, 0) is 27.2 Å². The number of nitrogens with zero attached hydrogens (tertiary/aromatic N) is 1. The Bertz CT molecular complexity index is 1090. The highest BCUT2D eigenvalue weighted by Gasteiger charge is 2.56. The molecule has 0 aliphatic carbocycles. The molecule has 0 radical (unpaired) electrons. The molecule has 1 aliphatic rings. The minimum atomic E-state index is -1.40. The van der Waals surface area contributed by atoms with Crippen LogP contribution in [0.15, 0.2) is 78.9 Å². The van der Waals surface area contributed by atoms with Gasteiger partial charge >= 0.3 is 5.97 Å². The number of benzene rings is 3. The number of carbonyl (C=O) groups is 2. The minimum Gasteiger partial charge on any atom is -0.616 e. The molecule has 1 fully saturated rings. The van der Waals surface area contributed by atoms with Gasteiger partial charge in [-0.2, -0.15) is 0 Å². The number of halogens is 1. The maximum atomic E-state index is 13.4. The van der Waals surface area contributed by atoms with Crippen LogP contribution in [0.4, 0.5) is 10.1 Å². The molecule has 0 saturated carbocycles. The Labute approximate surface area is 189 Å². The van der Waals surface area contributed by atoms with E-state index in [1.807, 2.05) is 30.3 Å². The Morgan fingerprint density at radius 3 is 2.31 bits per heavy atom. The molecular weight excluding hydrogens is 429 g/mol. The van der Waals surface area contributed by atoms with Crippen LogP contribution in [-0.4, -0.2) is 27.4 Å². The number of hydrogen-bond acceptors (Lipinski definition) is 4. The van der Waals surface area contributed by atoms with Gasteiger partial charge in [-0.15, -0.1) is 0 Å². The third-order valence-electron chi connectivity index (χ3n) is 5.35. The van der Waals surface area contributed by atoms with E-state index < -0.39 is 34.3 Å². The van der Waals surface area contributed by atoms with Crippen LogP contribution in [0.5, 0.6) is 5.75 Å². The summed E-state index contributed by atoms with van der Waals surface area (Å²) in [6.07, 6.45) is 0.603. The largest absolute Gasteiger partial charge is 0.616 e. The first kappa shape index (κ1) is 22.0. The lowest BCUT2D eigenvalue weighted by Crippen LogP contribution is -2.62. The van der Waals surface area contributed by atoms with Crippen molar-refractivity contribution in [3.63, 3.8) is 0 Å². The number of anilines is 1. The van der Waals surface area contributed by atoms with E-state index in [4.69, 9.17) is 4.74 Å². The molecule has 3 atom stereocenters. The van der Waals surface area contributed by atoms with Gasteiger partial charge in [0.1, 0.15) is 23.4 Å². The fourth-order valence-electron chi connectivity index (χ4n) is 3.82. The average Bonchev–Trinajstić information content (AvgIpc) is 2.78. The second kappa shape index (κ2) is 9.54. The van der Waals surface area contributed by atoms with Crippen LogP contribution in [0.1, 0.15) is 24.1 Å². The van der Waals surface area contributed by atoms with Gasteiger partial charge in [-0.3, -0.25) is 14.5 Å².